The second kappa shape index (κ2) is 9.19. The number of ether oxygens (including phenoxy) is 2. The maximum Gasteiger partial charge on any atom is 0.161 e. The Morgan fingerprint density at radius 3 is 2.62 bits per heavy atom. The van der Waals surface area contributed by atoms with Crippen LogP contribution >= 0.6 is 0 Å². The molecule has 0 unspecified atom stereocenters. The third-order valence-corrected chi connectivity index (χ3v) is 6.01. The lowest BCUT2D eigenvalue weighted by Crippen LogP contribution is -2.36. The van der Waals surface area contributed by atoms with Gasteiger partial charge in [-0.05, 0) is 43.0 Å². The van der Waals surface area contributed by atoms with Crippen molar-refractivity contribution in [2.24, 2.45) is 5.73 Å². The molecule has 2 aliphatic rings. The third-order valence-electron chi connectivity index (χ3n) is 6.01. The summed E-state index contributed by atoms with van der Waals surface area (Å²) in [6, 6.07) is 17.8. The van der Waals surface area contributed by atoms with Gasteiger partial charge in [-0.25, -0.2) is 0 Å². The Bertz CT molecular complexity index is 1130. The molecule has 0 saturated carbocycles. The zero-order valence-corrected chi connectivity index (χ0v) is 18.4. The van der Waals surface area contributed by atoms with E-state index in [2.05, 4.69) is 6.07 Å². The van der Waals surface area contributed by atoms with Crippen LogP contribution in [0, 0.1) is 11.3 Å². The highest BCUT2D eigenvalue weighted by molar-refractivity contribution is 5.99. The van der Waals surface area contributed by atoms with Gasteiger partial charge in [0.05, 0.1) is 24.2 Å². The Morgan fingerprint density at radius 2 is 1.91 bits per heavy atom. The fourth-order valence-electron chi connectivity index (χ4n) is 4.42. The Balaban J connectivity index is 1.74. The van der Waals surface area contributed by atoms with Crippen LogP contribution in [0.25, 0.3) is 0 Å². The lowest BCUT2D eigenvalue weighted by atomic mass is 9.76. The average Bonchev–Trinajstić information content (AvgIpc) is 2.81. The number of carbonyl (C=O) groups is 1. The number of hydrogen-bond acceptors (Lipinski definition) is 6. The van der Waals surface area contributed by atoms with Gasteiger partial charge in [-0.2, -0.15) is 5.26 Å². The van der Waals surface area contributed by atoms with Crippen molar-refractivity contribution in [3.05, 3.63) is 82.3 Å². The maximum absolute atomic E-state index is 12.9. The van der Waals surface area contributed by atoms with E-state index in [1.807, 2.05) is 62.5 Å². The molecule has 0 radical (unpaired) electrons. The second-order valence-electron chi connectivity index (χ2n) is 7.95. The summed E-state index contributed by atoms with van der Waals surface area (Å²) in [5, 5.41) is 9.92. The van der Waals surface area contributed by atoms with E-state index in [0.29, 0.717) is 48.1 Å². The molecule has 0 saturated heterocycles. The highest BCUT2D eigenvalue weighted by atomic mass is 16.5. The van der Waals surface area contributed by atoms with Gasteiger partial charge in [0.1, 0.15) is 12.4 Å². The van der Waals surface area contributed by atoms with Crippen LogP contribution in [0.3, 0.4) is 0 Å². The zero-order valence-electron chi connectivity index (χ0n) is 18.4. The number of rotatable bonds is 6. The minimum Gasteiger partial charge on any atom is -0.490 e. The van der Waals surface area contributed by atoms with Crippen molar-refractivity contribution in [3.63, 3.8) is 0 Å². The monoisotopic (exact) mass is 429 g/mol. The van der Waals surface area contributed by atoms with Crippen LogP contribution in [-0.4, -0.2) is 24.3 Å². The van der Waals surface area contributed by atoms with Crippen molar-refractivity contribution in [1.82, 2.24) is 4.90 Å². The summed E-state index contributed by atoms with van der Waals surface area (Å²) in [4.78, 5) is 14.7. The van der Waals surface area contributed by atoms with E-state index in [-0.39, 0.29) is 5.78 Å². The van der Waals surface area contributed by atoms with Crippen molar-refractivity contribution < 1.29 is 14.3 Å². The summed E-state index contributed by atoms with van der Waals surface area (Å²) in [5.74, 6) is 1.17. The largest absolute Gasteiger partial charge is 0.490 e. The number of Topliss-reactive ketones (excluding diaryl/α,β-unsaturated/α-hetero) is 1. The average molecular weight is 430 g/mol. The first kappa shape index (κ1) is 21.5. The number of benzene rings is 2. The van der Waals surface area contributed by atoms with E-state index in [9.17, 15) is 10.1 Å². The van der Waals surface area contributed by atoms with Crippen molar-refractivity contribution >= 4 is 5.78 Å². The minimum atomic E-state index is -0.499. The first-order chi connectivity index (χ1) is 15.5. The smallest absolute Gasteiger partial charge is 0.161 e. The highest BCUT2D eigenvalue weighted by Gasteiger charge is 2.38. The lowest BCUT2D eigenvalue weighted by molar-refractivity contribution is -0.116. The number of hydrogen-bond donors (Lipinski definition) is 1. The Labute approximate surface area is 188 Å². The van der Waals surface area contributed by atoms with Crippen LogP contribution in [0.2, 0.25) is 0 Å². The molecule has 0 bridgehead atoms. The lowest BCUT2D eigenvalue weighted by Gasteiger charge is -2.37. The van der Waals surface area contributed by atoms with Gasteiger partial charge in [-0.3, -0.25) is 4.79 Å². The topological polar surface area (TPSA) is 88.6 Å². The zero-order chi connectivity index (χ0) is 22.7. The molecular weight excluding hydrogens is 402 g/mol. The van der Waals surface area contributed by atoms with E-state index in [1.54, 1.807) is 4.90 Å². The van der Waals surface area contributed by atoms with Crippen LogP contribution in [-0.2, 0) is 11.4 Å². The summed E-state index contributed by atoms with van der Waals surface area (Å²) in [5.41, 5.74) is 10.2. The van der Waals surface area contributed by atoms with Crippen molar-refractivity contribution in [2.75, 3.05) is 13.7 Å². The molecule has 0 amide bonds. The molecule has 2 aromatic rings. The van der Waals surface area contributed by atoms with E-state index in [4.69, 9.17) is 15.2 Å². The van der Waals surface area contributed by atoms with E-state index in [0.717, 1.165) is 29.7 Å². The van der Waals surface area contributed by atoms with E-state index in [1.165, 1.54) is 0 Å². The highest BCUT2D eigenvalue weighted by Crippen LogP contribution is 2.45. The number of allylic oxidation sites excluding steroid dienone is 3. The van der Waals surface area contributed by atoms with Gasteiger partial charge < -0.3 is 20.1 Å². The van der Waals surface area contributed by atoms with Crippen LogP contribution in [0.4, 0.5) is 0 Å². The minimum absolute atomic E-state index is 0.0747. The Morgan fingerprint density at radius 1 is 1.12 bits per heavy atom. The molecule has 6 heteroatoms. The quantitative estimate of drug-likeness (QED) is 0.732. The second-order valence-corrected chi connectivity index (χ2v) is 7.95. The molecule has 32 heavy (non-hydrogen) atoms. The summed E-state index contributed by atoms with van der Waals surface area (Å²) < 4.78 is 11.9. The normalized spacial score (nSPS) is 18.3. The van der Waals surface area contributed by atoms with Crippen molar-refractivity contribution in [1.29, 1.82) is 5.26 Å². The van der Waals surface area contributed by atoms with Crippen LogP contribution in [0.15, 0.2) is 71.2 Å². The SMILES string of the molecule is CCOc1cc([C@H]2C(C#N)=C(N)N(C)C3=C2C(=O)CCC3)ccc1OCc1ccccc1. The molecule has 2 aromatic carbocycles. The molecule has 1 aliphatic carbocycles. The van der Waals surface area contributed by atoms with Gasteiger partial charge in [-0.15, -0.1) is 0 Å². The molecule has 1 aliphatic heterocycles. The molecule has 1 atom stereocenters. The molecule has 0 aromatic heterocycles. The predicted molar refractivity (Wildman–Crippen MR) is 122 cm³/mol. The Hall–Kier alpha value is -3.72. The fraction of sp³-hybridized carbons (Fsp3) is 0.308. The number of nitrogens with zero attached hydrogens (tertiary/aromatic N) is 2. The van der Waals surface area contributed by atoms with Gasteiger partial charge in [0.25, 0.3) is 0 Å². The van der Waals surface area contributed by atoms with Gasteiger partial charge in [-0.1, -0.05) is 36.4 Å². The molecular formula is C26H27N3O3. The Kier molecular flexibility index (Phi) is 6.18. The number of carbonyl (C=O) groups excluding carboxylic acids is 1. The van der Waals surface area contributed by atoms with E-state index >= 15 is 0 Å². The number of ketones is 1. The van der Waals surface area contributed by atoms with E-state index < -0.39 is 5.92 Å². The summed E-state index contributed by atoms with van der Waals surface area (Å²) in [6.45, 7) is 2.79. The molecule has 4 rings (SSSR count). The first-order valence-corrected chi connectivity index (χ1v) is 10.9. The van der Waals surface area contributed by atoms with Gasteiger partial charge in [0.15, 0.2) is 17.3 Å². The predicted octanol–water partition coefficient (Wildman–Crippen LogP) is 4.39. The fourth-order valence-corrected chi connectivity index (χ4v) is 4.42. The molecule has 1 heterocycles. The molecule has 0 fully saturated rings. The summed E-state index contributed by atoms with van der Waals surface area (Å²) >= 11 is 0. The van der Waals surface area contributed by atoms with Gasteiger partial charge in [0.2, 0.25) is 0 Å². The standard InChI is InChI=1S/C26H27N3O3/c1-3-31-23-14-18(12-13-22(23)32-16-17-8-5-4-6-9-17)24-19(15-27)26(28)29(2)20-10-7-11-21(30)25(20)24/h4-6,8-9,12-14,24H,3,7,10-11,16,28H2,1-2H3/t24-/m0/s1. The van der Waals surface area contributed by atoms with Crippen LogP contribution in [0.1, 0.15) is 43.2 Å². The summed E-state index contributed by atoms with van der Waals surface area (Å²) in [7, 11) is 1.82. The third kappa shape index (κ3) is 3.94. The van der Waals surface area contributed by atoms with Crippen LogP contribution < -0.4 is 15.2 Å². The van der Waals surface area contributed by atoms with Crippen LogP contribution in [0.5, 0.6) is 11.5 Å². The van der Waals surface area contributed by atoms with Crippen molar-refractivity contribution in [2.45, 2.75) is 38.7 Å². The maximum atomic E-state index is 12.9. The first-order valence-electron chi connectivity index (χ1n) is 10.9. The van der Waals surface area contributed by atoms with Gasteiger partial charge >= 0.3 is 0 Å². The van der Waals surface area contributed by atoms with Crippen molar-refractivity contribution in [3.8, 4) is 17.6 Å². The number of nitriles is 1. The molecule has 2 N–H and O–H groups in total. The number of nitrogens with two attached hydrogens (primary N) is 1. The molecule has 0 spiro atoms. The molecule has 6 nitrogen and oxygen atoms in total. The molecule has 164 valence electrons. The summed E-state index contributed by atoms with van der Waals surface area (Å²) in [6.07, 6.45) is 2.04. The van der Waals surface area contributed by atoms with Gasteiger partial charge in [0, 0.05) is 24.7 Å².